The van der Waals surface area contributed by atoms with Gasteiger partial charge in [-0.1, -0.05) is 18.2 Å². The minimum atomic E-state index is -0.354. The van der Waals surface area contributed by atoms with Gasteiger partial charge in [-0.3, -0.25) is 0 Å². The predicted molar refractivity (Wildman–Crippen MR) is 80.0 cm³/mol. The number of carbonyl (C=O) groups is 1. The molecule has 22 heavy (non-hydrogen) atoms. The maximum absolute atomic E-state index is 11.9. The van der Waals surface area contributed by atoms with Crippen LogP contribution in [-0.4, -0.2) is 35.2 Å². The molecule has 2 rings (SSSR count). The Balaban J connectivity index is 1.98. The second-order valence-electron chi connectivity index (χ2n) is 4.35. The topological polar surface area (TPSA) is 98.3 Å². The number of aryl methyl sites for hydroxylation is 1. The number of carbonyl (C=O) groups excluding carboxylic acids is 1. The van der Waals surface area contributed by atoms with Crippen molar-refractivity contribution in [3.8, 4) is 12.0 Å². The number of methoxy groups -OCH3 is 2. The van der Waals surface area contributed by atoms with E-state index in [4.69, 9.17) is 9.47 Å². The average molecular weight is 303 g/mol. The van der Waals surface area contributed by atoms with Crippen LogP contribution in [0.4, 0.5) is 10.5 Å². The molecule has 8 heteroatoms. The maximum atomic E-state index is 11.9. The van der Waals surface area contributed by atoms with Gasteiger partial charge in [0.05, 0.1) is 20.8 Å². The van der Waals surface area contributed by atoms with E-state index in [2.05, 4.69) is 25.6 Å². The number of aromatic nitrogens is 3. The first kappa shape index (κ1) is 15.5. The van der Waals surface area contributed by atoms with Crippen LogP contribution in [0.5, 0.6) is 12.0 Å². The second-order valence-corrected chi connectivity index (χ2v) is 4.35. The van der Waals surface area contributed by atoms with E-state index in [-0.39, 0.29) is 24.6 Å². The van der Waals surface area contributed by atoms with E-state index in [1.807, 2.05) is 31.2 Å². The van der Waals surface area contributed by atoms with Crippen LogP contribution in [0.2, 0.25) is 0 Å². The Bertz CT molecular complexity index is 640. The molecule has 1 aromatic carbocycles. The van der Waals surface area contributed by atoms with E-state index < -0.39 is 0 Å². The summed E-state index contributed by atoms with van der Waals surface area (Å²) < 4.78 is 9.89. The van der Waals surface area contributed by atoms with Crippen molar-refractivity contribution in [3.05, 3.63) is 35.7 Å². The van der Waals surface area contributed by atoms with Crippen LogP contribution >= 0.6 is 0 Å². The van der Waals surface area contributed by atoms with Crippen molar-refractivity contribution < 1.29 is 14.3 Å². The number of hydrogen-bond acceptors (Lipinski definition) is 6. The lowest BCUT2D eigenvalue weighted by atomic mass is 10.2. The first-order valence-electron chi connectivity index (χ1n) is 6.55. The van der Waals surface area contributed by atoms with Crippen molar-refractivity contribution in [1.82, 2.24) is 20.3 Å². The number of amides is 2. The highest BCUT2D eigenvalue weighted by Gasteiger charge is 2.09. The zero-order valence-corrected chi connectivity index (χ0v) is 12.6. The lowest BCUT2D eigenvalue weighted by molar-refractivity contribution is 0.251. The predicted octanol–water partition coefficient (Wildman–Crippen LogP) is 1.52. The standard InChI is InChI=1S/C14H17N5O3/c1-9-6-4-5-7-10(9)16-12(20)15-8-11-17-13(21-2)19-14(18-11)22-3/h4-7H,8H2,1-3H3,(H2,15,16,20). The number of urea groups is 1. The maximum Gasteiger partial charge on any atom is 0.322 e. The molecule has 0 aliphatic heterocycles. The minimum absolute atomic E-state index is 0.118. The Morgan fingerprint density at radius 1 is 1.09 bits per heavy atom. The summed E-state index contributed by atoms with van der Waals surface area (Å²) in [5, 5.41) is 5.42. The van der Waals surface area contributed by atoms with Gasteiger partial charge >= 0.3 is 18.1 Å². The van der Waals surface area contributed by atoms with Gasteiger partial charge in [-0.25, -0.2) is 4.79 Å². The number of para-hydroxylation sites is 1. The highest BCUT2D eigenvalue weighted by Crippen LogP contribution is 2.13. The van der Waals surface area contributed by atoms with Gasteiger partial charge in [0.15, 0.2) is 5.82 Å². The Morgan fingerprint density at radius 2 is 1.73 bits per heavy atom. The van der Waals surface area contributed by atoms with Gasteiger partial charge in [0.25, 0.3) is 0 Å². The SMILES string of the molecule is COc1nc(CNC(=O)Nc2ccccc2C)nc(OC)n1. The van der Waals surface area contributed by atoms with Gasteiger partial charge in [0.1, 0.15) is 0 Å². The molecule has 1 heterocycles. The molecule has 2 amide bonds. The molecule has 0 saturated carbocycles. The second kappa shape index (κ2) is 7.21. The monoisotopic (exact) mass is 303 g/mol. The van der Waals surface area contributed by atoms with E-state index >= 15 is 0 Å². The molecule has 0 aliphatic carbocycles. The number of rotatable bonds is 5. The van der Waals surface area contributed by atoms with Gasteiger partial charge in [0.2, 0.25) is 0 Å². The van der Waals surface area contributed by atoms with Crippen molar-refractivity contribution in [2.75, 3.05) is 19.5 Å². The molecule has 0 atom stereocenters. The molecular weight excluding hydrogens is 286 g/mol. The summed E-state index contributed by atoms with van der Waals surface area (Å²) in [6, 6.07) is 7.39. The van der Waals surface area contributed by atoms with Gasteiger partial charge in [-0.2, -0.15) is 9.97 Å². The zero-order chi connectivity index (χ0) is 15.9. The summed E-state index contributed by atoms with van der Waals surface area (Å²) in [7, 11) is 2.88. The van der Waals surface area contributed by atoms with Crippen LogP contribution < -0.4 is 20.1 Å². The number of nitrogens with zero attached hydrogens (tertiary/aromatic N) is 3. The Morgan fingerprint density at radius 3 is 2.32 bits per heavy atom. The van der Waals surface area contributed by atoms with Crippen molar-refractivity contribution in [3.63, 3.8) is 0 Å². The Hall–Kier alpha value is -2.90. The Labute approximate surface area is 127 Å². The zero-order valence-electron chi connectivity index (χ0n) is 12.6. The van der Waals surface area contributed by atoms with E-state index in [1.54, 1.807) is 0 Å². The molecule has 0 spiro atoms. The van der Waals surface area contributed by atoms with Crippen LogP contribution in [0.1, 0.15) is 11.4 Å². The summed E-state index contributed by atoms with van der Waals surface area (Å²) in [5.41, 5.74) is 1.71. The number of hydrogen-bond donors (Lipinski definition) is 2. The molecule has 2 N–H and O–H groups in total. The molecule has 1 aromatic heterocycles. The normalized spacial score (nSPS) is 9.95. The fraction of sp³-hybridized carbons (Fsp3) is 0.286. The third-order valence-electron chi connectivity index (χ3n) is 2.81. The lowest BCUT2D eigenvalue weighted by Crippen LogP contribution is -2.29. The quantitative estimate of drug-likeness (QED) is 0.869. The van der Waals surface area contributed by atoms with Crippen LogP contribution in [0.3, 0.4) is 0 Å². The molecule has 0 unspecified atom stereocenters. The highest BCUT2D eigenvalue weighted by molar-refractivity contribution is 5.89. The van der Waals surface area contributed by atoms with E-state index in [0.29, 0.717) is 5.82 Å². The summed E-state index contributed by atoms with van der Waals surface area (Å²) in [6.07, 6.45) is 0. The molecule has 8 nitrogen and oxygen atoms in total. The Kier molecular flexibility index (Phi) is 5.07. The van der Waals surface area contributed by atoms with E-state index in [1.165, 1.54) is 14.2 Å². The number of nitrogens with one attached hydrogen (secondary N) is 2. The number of anilines is 1. The molecule has 116 valence electrons. The minimum Gasteiger partial charge on any atom is -0.467 e. The molecule has 0 radical (unpaired) electrons. The van der Waals surface area contributed by atoms with Crippen LogP contribution in [-0.2, 0) is 6.54 Å². The highest BCUT2D eigenvalue weighted by atomic mass is 16.5. The number of ether oxygens (including phenoxy) is 2. The van der Waals surface area contributed by atoms with Crippen molar-refractivity contribution >= 4 is 11.7 Å². The first-order valence-corrected chi connectivity index (χ1v) is 6.55. The van der Waals surface area contributed by atoms with Crippen LogP contribution in [0, 0.1) is 6.92 Å². The molecule has 0 saturated heterocycles. The molecular formula is C14H17N5O3. The van der Waals surface area contributed by atoms with Gasteiger partial charge in [0, 0.05) is 5.69 Å². The average Bonchev–Trinajstić information content (AvgIpc) is 2.54. The first-order chi connectivity index (χ1) is 10.6. The fourth-order valence-electron chi connectivity index (χ4n) is 1.68. The van der Waals surface area contributed by atoms with E-state index in [9.17, 15) is 4.79 Å². The van der Waals surface area contributed by atoms with Crippen molar-refractivity contribution in [1.29, 1.82) is 0 Å². The number of benzene rings is 1. The van der Waals surface area contributed by atoms with Gasteiger partial charge in [-0.05, 0) is 18.6 Å². The third kappa shape index (κ3) is 4.05. The fourth-order valence-corrected chi connectivity index (χ4v) is 1.68. The summed E-state index contributed by atoms with van der Waals surface area (Å²) in [5.74, 6) is 0.337. The molecule has 2 aromatic rings. The van der Waals surface area contributed by atoms with Crippen molar-refractivity contribution in [2.24, 2.45) is 0 Å². The molecule has 0 fully saturated rings. The molecule has 0 bridgehead atoms. The van der Waals surface area contributed by atoms with Crippen LogP contribution in [0.25, 0.3) is 0 Å². The largest absolute Gasteiger partial charge is 0.467 e. The van der Waals surface area contributed by atoms with Gasteiger partial charge < -0.3 is 20.1 Å². The van der Waals surface area contributed by atoms with E-state index in [0.717, 1.165) is 11.3 Å². The molecule has 0 aliphatic rings. The lowest BCUT2D eigenvalue weighted by Gasteiger charge is -2.09. The summed E-state index contributed by atoms with van der Waals surface area (Å²) in [4.78, 5) is 23.8. The third-order valence-corrected chi connectivity index (χ3v) is 2.81. The summed E-state index contributed by atoms with van der Waals surface area (Å²) >= 11 is 0. The van der Waals surface area contributed by atoms with Crippen molar-refractivity contribution in [2.45, 2.75) is 13.5 Å². The summed E-state index contributed by atoms with van der Waals surface area (Å²) in [6.45, 7) is 2.03. The smallest absolute Gasteiger partial charge is 0.322 e. The van der Waals surface area contributed by atoms with Crippen LogP contribution in [0.15, 0.2) is 24.3 Å². The van der Waals surface area contributed by atoms with Gasteiger partial charge in [-0.15, -0.1) is 4.98 Å².